The molecule has 12 aromatic rings. The molecule has 2 atom stereocenters. The number of hydrogen-bond acceptors (Lipinski definition) is 0. The van der Waals surface area contributed by atoms with Crippen LogP contribution in [0.2, 0.25) is 0 Å². The predicted molar refractivity (Wildman–Crippen MR) is 280 cm³/mol. The maximum absolute atomic E-state index is 2.48. The number of nitrogens with zero attached hydrogens (tertiary/aromatic N) is 2. The Balaban J connectivity index is 1.02. The zero-order valence-corrected chi connectivity index (χ0v) is 36.8. The van der Waals surface area contributed by atoms with Crippen LogP contribution >= 0.6 is 0 Å². The summed E-state index contributed by atoms with van der Waals surface area (Å²) >= 11 is 0. The fourth-order valence-corrected chi connectivity index (χ4v) is 12.4. The summed E-state index contributed by atoms with van der Waals surface area (Å²) in [4.78, 5) is 0. The minimum Gasteiger partial charge on any atom is -0.342 e. The standard InChI is InChI=1S/C64H44N2/c1-65-55-37-41(59-47-27-13-9-23-43(47)57(39-19-5-3-6-20-39)44-24-10-14-28-48(44)59)33-35-53(55)61-51-31-17-18-32-52(51)62-54-36-34-42(38-56(54)66(2)64(62)63(61)65)60-49-29-15-11-25-45(49)58(40-21-7-4-8-22-40)46-26-12-16-30-50(46)60/h3-38,43,57H,1-2H3. The zero-order valence-electron chi connectivity index (χ0n) is 36.8. The molecule has 2 aromatic heterocycles. The van der Waals surface area contributed by atoms with E-state index < -0.39 is 0 Å². The molecule has 14 rings (SSSR count). The highest BCUT2D eigenvalue weighted by Crippen LogP contribution is 2.52. The zero-order chi connectivity index (χ0) is 43.6. The van der Waals surface area contributed by atoms with Crippen molar-refractivity contribution in [2.24, 2.45) is 20.0 Å². The van der Waals surface area contributed by atoms with Crippen LogP contribution in [0, 0.1) is 5.92 Å². The highest BCUT2D eigenvalue weighted by atomic mass is 15.0. The lowest BCUT2D eigenvalue weighted by Crippen LogP contribution is -2.22. The Morgan fingerprint density at radius 3 is 1.48 bits per heavy atom. The second-order valence-corrected chi connectivity index (χ2v) is 18.4. The average Bonchev–Trinajstić information content (AvgIpc) is 3.84. The number of aryl methyl sites for hydroxylation is 2. The van der Waals surface area contributed by atoms with Crippen molar-refractivity contribution in [3.63, 3.8) is 0 Å². The van der Waals surface area contributed by atoms with Gasteiger partial charge in [-0.15, -0.1) is 0 Å². The van der Waals surface area contributed by atoms with E-state index in [0.29, 0.717) is 0 Å². The monoisotopic (exact) mass is 840 g/mol. The minimum absolute atomic E-state index is 0.243. The molecule has 0 saturated carbocycles. The Bertz CT molecular complexity index is 4060. The Labute approximate surface area is 383 Å². The van der Waals surface area contributed by atoms with E-state index in [2.05, 4.69) is 242 Å². The Hall–Kier alpha value is -8.20. The molecule has 2 heteroatoms. The fourth-order valence-electron chi connectivity index (χ4n) is 12.4. The summed E-state index contributed by atoms with van der Waals surface area (Å²) in [6.45, 7) is 0. The van der Waals surface area contributed by atoms with Crippen molar-refractivity contribution >= 4 is 81.5 Å². The van der Waals surface area contributed by atoms with Crippen molar-refractivity contribution < 1.29 is 0 Å². The maximum Gasteiger partial charge on any atom is 0.0742 e. The van der Waals surface area contributed by atoms with Crippen molar-refractivity contribution in [3.8, 4) is 22.3 Å². The van der Waals surface area contributed by atoms with E-state index in [1.807, 2.05) is 0 Å². The molecule has 0 spiro atoms. The molecule has 0 fully saturated rings. The van der Waals surface area contributed by atoms with Crippen molar-refractivity contribution in [1.29, 1.82) is 0 Å². The van der Waals surface area contributed by atoms with Gasteiger partial charge in [0, 0.05) is 58.5 Å². The van der Waals surface area contributed by atoms with Crippen molar-refractivity contribution in [2.45, 2.75) is 5.92 Å². The quantitative estimate of drug-likeness (QED) is 0.156. The smallest absolute Gasteiger partial charge is 0.0742 e. The molecule has 2 aliphatic rings. The van der Waals surface area contributed by atoms with Gasteiger partial charge in [-0.3, -0.25) is 0 Å². The number of benzene rings is 10. The van der Waals surface area contributed by atoms with Gasteiger partial charge in [0.2, 0.25) is 0 Å². The van der Waals surface area contributed by atoms with Crippen LogP contribution in [0.3, 0.4) is 0 Å². The molecule has 0 saturated heterocycles. The molecular weight excluding hydrogens is 797 g/mol. The SMILES string of the molecule is Cn1c2cc(C3=C4C=CC=CC4C(c4ccccc4)c4ccccc43)ccc2c2c3ccccc3c3c4ccc(-c5c6ccccc6c(-c6ccccc6)c6ccccc56)cc4n(C)c3c21. The van der Waals surface area contributed by atoms with Crippen molar-refractivity contribution in [1.82, 2.24) is 9.13 Å². The van der Waals surface area contributed by atoms with Gasteiger partial charge in [0.1, 0.15) is 0 Å². The van der Waals surface area contributed by atoms with E-state index in [1.54, 1.807) is 0 Å². The van der Waals surface area contributed by atoms with E-state index in [0.717, 1.165) is 0 Å². The van der Waals surface area contributed by atoms with Crippen molar-refractivity contribution in [3.05, 3.63) is 246 Å². The van der Waals surface area contributed by atoms with Gasteiger partial charge >= 0.3 is 0 Å². The summed E-state index contributed by atoms with van der Waals surface area (Å²) < 4.78 is 4.95. The summed E-state index contributed by atoms with van der Waals surface area (Å²) in [7, 11) is 4.56. The van der Waals surface area contributed by atoms with Crippen LogP contribution in [0.15, 0.2) is 224 Å². The minimum atomic E-state index is 0.243. The highest BCUT2D eigenvalue weighted by molar-refractivity contribution is 6.36. The molecule has 2 nitrogen and oxygen atoms in total. The van der Waals surface area contributed by atoms with Gasteiger partial charge in [0.25, 0.3) is 0 Å². The van der Waals surface area contributed by atoms with Crippen LogP contribution in [0.1, 0.15) is 28.2 Å². The largest absolute Gasteiger partial charge is 0.342 e. The third kappa shape index (κ3) is 5.13. The summed E-state index contributed by atoms with van der Waals surface area (Å²) in [6.07, 6.45) is 9.23. The second kappa shape index (κ2) is 14.1. The van der Waals surface area contributed by atoms with Crippen LogP contribution in [-0.4, -0.2) is 9.13 Å². The molecule has 0 aliphatic heterocycles. The lowest BCUT2D eigenvalue weighted by molar-refractivity contribution is 0.649. The average molecular weight is 841 g/mol. The molecule has 0 N–H and O–H groups in total. The first-order valence-corrected chi connectivity index (χ1v) is 23.2. The number of aromatic nitrogens is 2. The molecular formula is C64H44N2. The second-order valence-electron chi connectivity index (χ2n) is 18.4. The van der Waals surface area contributed by atoms with Crippen LogP contribution in [0.4, 0.5) is 0 Å². The molecule has 0 amide bonds. The van der Waals surface area contributed by atoms with Crippen molar-refractivity contribution in [2.75, 3.05) is 0 Å². The van der Waals surface area contributed by atoms with E-state index >= 15 is 0 Å². The molecule has 10 aromatic carbocycles. The Kier molecular flexibility index (Phi) is 7.98. The maximum atomic E-state index is 2.48. The van der Waals surface area contributed by atoms with Crippen LogP contribution in [-0.2, 0) is 14.1 Å². The van der Waals surface area contributed by atoms with Gasteiger partial charge < -0.3 is 9.13 Å². The van der Waals surface area contributed by atoms with Gasteiger partial charge in [-0.25, -0.2) is 0 Å². The topological polar surface area (TPSA) is 9.86 Å². The number of fused-ring (bicyclic) bond motifs is 14. The Morgan fingerprint density at radius 2 is 0.879 bits per heavy atom. The molecule has 0 radical (unpaired) electrons. The number of hydrogen-bond donors (Lipinski definition) is 0. The first kappa shape index (κ1) is 37.2. The third-order valence-corrected chi connectivity index (χ3v) is 15.1. The summed E-state index contributed by atoms with van der Waals surface area (Å²) in [5.74, 6) is 0.494. The number of allylic oxidation sites excluding steroid dienone is 5. The van der Waals surface area contributed by atoms with Gasteiger partial charge in [-0.05, 0) is 100 Å². The van der Waals surface area contributed by atoms with E-state index in [9.17, 15) is 0 Å². The van der Waals surface area contributed by atoms with E-state index in [4.69, 9.17) is 0 Å². The molecule has 0 bridgehead atoms. The molecule has 310 valence electrons. The van der Waals surface area contributed by atoms with Gasteiger partial charge in [0.05, 0.1) is 11.0 Å². The summed E-state index contributed by atoms with van der Waals surface area (Å²) in [5.41, 5.74) is 18.1. The third-order valence-electron chi connectivity index (χ3n) is 15.1. The van der Waals surface area contributed by atoms with Gasteiger partial charge in [0.15, 0.2) is 0 Å². The van der Waals surface area contributed by atoms with Gasteiger partial charge in [-0.1, -0.05) is 206 Å². The van der Waals surface area contributed by atoms with Crippen LogP contribution in [0.25, 0.3) is 104 Å². The Morgan fingerprint density at radius 1 is 0.394 bits per heavy atom. The fraction of sp³-hybridized carbons (Fsp3) is 0.0625. The van der Waals surface area contributed by atoms with E-state index in [-0.39, 0.29) is 11.8 Å². The lowest BCUT2D eigenvalue weighted by Gasteiger charge is -2.36. The summed E-state index contributed by atoms with van der Waals surface area (Å²) in [6, 6.07) is 72.5. The first-order valence-electron chi connectivity index (χ1n) is 23.2. The normalized spacial score (nSPS) is 15.8. The van der Waals surface area contributed by atoms with Crippen LogP contribution < -0.4 is 0 Å². The molecule has 66 heavy (non-hydrogen) atoms. The van der Waals surface area contributed by atoms with Crippen LogP contribution in [0.5, 0.6) is 0 Å². The molecule has 2 unspecified atom stereocenters. The van der Waals surface area contributed by atoms with E-state index in [1.165, 1.54) is 132 Å². The predicted octanol–water partition coefficient (Wildman–Crippen LogP) is 16.5. The molecule has 2 aliphatic carbocycles. The highest BCUT2D eigenvalue weighted by Gasteiger charge is 2.35. The number of rotatable bonds is 4. The first-order chi connectivity index (χ1) is 32.6. The molecule has 2 heterocycles. The lowest BCUT2D eigenvalue weighted by atomic mass is 9.66. The summed E-state index contributed by atoms with van der Waals surface area (Å²) in [5, 5.41) is 12.8. The van der Waals surface area contributed by atoms with Gasteiger partial charge in [-0.2, -0.15) is 0 Å².